The van der Waals surface area contributed by atoms with Gasteiger partial charge in [0.15, 0.2) is 11.5 Å². The van der Waals surface area contributed by atoms with Crippen molar-refractivity contribution in [2.24, 2.45) is 0 Å². The second-order valence-electron chi connectivity index (χ2n) is 5.34. The molecule has 2 heterocycles. The predicted octanol–water partition coefficient (Wildman–Crippen LogP) is 4.93. The molecule has 5 nitrogen and oxygen atoms in total. The number of nitrogens with one attached hydrogen (secondary N) is 1. The van der Waals surface area contributed by atoms with Gasteiger partial charge in [-0.2, -0.15) is 0 Å². The highest BCUT2D eigenvalue weighted by Crippen LogP contribution is 2.38. The van der Waals surface area contributed by atoms with Gasteiger partial charge in [0.1, 0.15) is 16.9 Å². The monoisotopic (exact) mass is 371 g/mol. The number of nitrogens with zero attached hydrogens (tertiary/aromatic N) is 2. The van der Waals surface area contributed by atoms with Crippen LogP contribution in [0.15, 0.2) is 52.6 Å². The van der Waals surface area contributed by atoms with Gasteiger partial charge in [0.2, 0.25) is 0 Å². The van der Waals surface area contributed by atoms with Crippen LogP contribution in [0.2, 0.25) is 5.02 Å². The van der Waals surface area contributed by atoms with Crippen LogP contribution in [0.1, 0.15) is 0 Å². The Morgan fingerprint density at radius 3 is 2.44 bits per heavy atom. The Morgan fingerprint density at radius 2 is 1.72 bits per heavy atom. The Morgan fingerprint density at radius 1 is 1.00 bits per heavy atom. The topological polar surface area (TPSA) is 60.0 Å². The van der Waals surface area contributed by atoms with Gasteiger partial charge in [0.05, 0.1) is 25.3 Å². The quantitative estimate of drug-likeness (QED) is 0.515. The number of ether oxygens (including phenoxy) is 2. The molecule has 0 amide bonds. The van der Waals surface area contributed by atoms with Crippen LogP contribution in [0.25, 0.3) is 21.9 Å². The fraction of sp³-hybridized carbons (Fsp3) is 0.111. The summed E-state index contributed by atoms with van der Waals surface area (Å²) < 4.78 is 10.8. The summed E-state index contributed by atoms with van der Waals surface area (Å²) in [5, 5.41) is 2.52. The number of aromatic nitrogens is 3. The zero-order chi connectivity index (χ0) is 17.4. The first-order valence-electron chi connectivity index (χ1n) is 7.51. The van der Waals surface area contributed by atoms with E-state index in [9.17, 15) is 0 Å². The summed E-state index contributed by atoms with van der Waals surface area (Å²) in [6.45, 7) is 0. The molecule has 0 atom stereocenters. The largest absolute Gasteiger partial charge is 0.493 e. The first-order chi connectivity index (χ1) is 12.2. The smallest absolute Gasteiger partial charge is 0.162 e. The zero-order valence-electron chi connectivity index (χ0n) is 13.5. The third kappa shape index (κ3) is 2.88. The number of benzene rings is 2. The summed E-state index contributed by atoms with van der Waals surface area (Å²) in [5.74, 6) is 1.34. The maximum Gasteiger partial charge on any atom is 0.162 e. The molecule has 0 radical (unpaired) electrons. The summed E-state index contributed by atoms with van der Waals surface area (Å²) in [6, 6.07) is 11.5. The second-order valence-corrected chi connectivity index (χ2v) is 6.83. The van der Waals surface area contributed by atoms with E-state index in [1.54, 1.807) is 32.3 Å². The molecule has 0 saturated heterocycles. The van der Waals surface area contributed by atoms with Crippen molar-refractivity contribution in [1.82, 2.24) is 15.0 Å². The Bertz CT molecular complexity index is 1060. The third-order valence-electron chi connectivity index (χ3n) is 3.88. The number of hydrogen-bond acceptors (Lipinski definition) is 5. The number of aromatic amines is 1. The van der Waals surface area contributed by atoms with Gasteiger partial charge in [-0.05, 0) is 30.3 Å². The van der Waals surface area contributed by atoms with Gasteiger partial charge in [-0.15, -0.1) is 0 Å². The van der Waals surface area contributed by atoms with Gasteiger partial charge in [-0.1, -0.05) is 23.4 Å². The normalized spacial score (nSPS) is 11.2. The average Bonchev–Trinajstić information content (AvgIpc) is 3.01. The molecule has 25 heavy (non-hydrogen) atoms. The van der Waals surface area contributed by atoms with E-state index in [1.807, 2.05) is 36.4 Å². The maximum atomic E-state index is 5.96. The van der Waals surface area contributed by atoms with E-state index in [0.717, 1.165) is 31.9 Å². The van der Waals surface area contributed by atoms with Crippen molar-refractivity contribution in [3.63, 3.8) is 0 Å². The lowest BCUT2D eigenvalue weighted by molar-refractivity contribution is 0.356. The SMILES string of the molecule is COc1cc2[nH]c3c(Sc4ccc(Cl)cc4)ncnc3c2cc1OC. The second kappa shape index (κ2) is 6.46. The predicted molar refractivity (Wildman–Crippen MR) is 100 cm³/mol. The highest BCUT2D eigenvalue weighted by molar-refractivity contribution is 7.99. The summed E-state index contributed by atoms with van der Waals surface area (Å²) in [7, 11) is 3.24. The molecule has 0 bridgehead atoms. The van der Waals surface area contributed by atoms with E-state index in [2.05, 4.69) is 15.0 Å². The number of halogens is 1. The van der Waals surface area contributed by atoms with Gasteiger partial charge in [0, 0.05) is 21.4 Å². The summed E-state index contributed by atoms with van der Waals surface area (Å²) >= 11 is 7.51. The molecule has 1 N–H and O–H groups in total. The van der Waals surface area contributed by atoms with Crippen molar-refractivity contribution in [2.45, 2.75) is 9.92 Å². The third-order valence-corrected chi connectivity index (χ3v) is 5.14. The van der Waals surface area contributed by atoms with Crippen LogP contribution in [0.5, 0.6) is 11.5 Å². The molecule has 0 aliphatic rings. The zero-order valence-corrected chi connectivity index (χ0v) is 15.1. The molecule has 7 heteroatoms. The average molecular weight is 372 g/mol. The summed E-state index contributed by atoms with van der Waals surface area (Å²) in [5.41, 5.74) is 2.65. The van der Waals surface area contributed by atoms with E-state index < -0.39 is 0 Å². The minimum Gasteiger partial charge on any atom is -0.493 e. The molecule has 0 aliphatic carbocycles. The van der Waals surface area contributed by atoms with Crippen molar-refractivity contribution in [1.29, 1.82) is 0 Å². The maximum absolute atomic E-state index is 5.96. The van der Waals surface area contributed by atoms with E-state index in [0.29, 0.717) is 16.5 Å². The molecule has 0 spiro atoms. The van der Waals surface area contributed by atoms with E-state index in [-0.39, 0.29) is 0 Å². The van der Waals surface area contributed by atoms with Crippen LogP contribution < -0.4 is 9.47 Å². The lowest BCUT2D eigenvalue weighted by Crippen LogP contribution is -1.89. The van der Waals surface area contributed by atoms with Crippen molar-refractivity contribution in [2.75, 3.05) is 14.2 Å². The molecular formula is C18H14ClN3O2S. The Labute approximate surface area is 153 Å². The molecule has 0 unspecified atom stereocenters. The fourth-order valence-electron chi connectivity index (χ4n) is 2.69. The molecule has 126 valence electrons. The highest BCUT2D eigenvalue weighted by atomic mass is 35.5. The van der Waals surface area contributed by atoms with Gasteiger partial charge in [0.25, 0.3) is 0 Å². The van der Waals surface area contributed by atoms with Crippen LogP contribution in [0.4, 0.5) is 0 Å². The minimum atomic E-state index is 0.668. The summed E-state index contributed by atoms with van der Waals surface area (Å²) in [6.07, 6.45) is 1.57. The lowest BCUT2D eigenvalue weighted by Gasteiger charge is -2.06. The lowest BCUT2D eigenvalue weighted by atomic mass is 10.2. The summed E-state index contributed by atoms with van der Waals surface area (Å²) in [4.78, 5) is 13.3. The highest BCUT2D eigenvalue weighted by Gasteiger charge is 2.15. The molecule has 0 aliphatic heterocycles. The van der Waals surface area contributed by atoms with E-state index in [4.69, 9.17) is 21.1 Å². The van der Waals surface area contributed by atoms with Crippen LogP contribution in [-0.4, -0.2) is 29.2 Å². The standard InChI is InChI=1S/C18H14ClN3O2S/c1-23-14-7-12-13(8-15(14)24-2)22-17-16(12)20-9-21-18(17)25-11-5-3-10(19)4-6-11/h3-9,22H,1-2H3. The van der Waals surface area contributed by atoms with Crippen molar-refractivity contribution in [3.05, 3.63) is 47.7 Å². The fourth-order valence-corrected chi connectivity index (χ4v) is 3.66. The number of rotatable bonds is 4. The first kappa shape index (κ1) is 16.1. The molecule has 0 saturated carbocycles. The van der Waals surface area contributed by atoms with E-state index >= 15 is 0 Å². The Hall–Kier alpha value is -2.44. The van der Waals surface area contributed by atoms with Crippen molar-refractivity contribution >= 4 is 45.3 Å². The minimum absolute atomic E-state index is 0.668. The van der Waals surface area contributed by atoms with Crippen LogP contribution >= 0.6 is 23.4 Å². The molecule has 0 fully saturated rings. The first-order valence-corrected chi connectivity index (χ1v) is 8.71. The van der Waals surface area contributed by atoms with Gasteiger partial charge in [-0.3, -0.25) is 0 Å². The van der Waals surface area contributed by atoms with Crippen LogP contribution in [0, 0.1) is 0 Å². The van der Waals surface area contributed by atoms with Gasteiger partial charge >= 0.3 is 0 Å². The van der Waals surface area contributed by atoms with E-state index in [1.165, 1.54) is 0 Å². The van der Waals surface area contributed by atoms with Gasteiger partial charge in [-0.25, -0.2) is 9.97 Å². The Balaban J connectivity index is 1.87. The van der Waals surface area contributed by atoms with Crippen LogP contribution in [-0.2, 0) is 0 Å². The number of fused-ring (bicyclic) bond motifs is 3. The molecule has 2 aromatic carbocycles. The van der Waals surface area contributed by atoms with Crippen molar-refractivity contribution < 1.29 is 9.47 Å². The number of hydrogen-bond donors (Lipinski definition) is 1. The Kier molecular flexibility index (Phi) is 4.15. The molecular weight excluding hydrogens is 358 g/mol. The molecule has 4 rings (SSSR count). The van der Waals surface area contributed by atoms with Gasteiger partial charge < -0.3 is 14.5 Å². The van der Waals surface area contributed by atoms with Crippen LogP contribution in [0.3, 0.4) is 0 Å². The molecule has 4 aromatic rings. The number of H-pyrrole nitrogens is 1. The number of methoxy groups -OCH3 is 2. The van der Waals surface area contributed by atoms with Crippen molar-refractivity contribution in [3.8, 4) is 11.5 Å². The molecule has 2 aromatic heterocycles.